The molecule has 1 aromatic rings. The molecule has 0 aromatic heterocycles. The Morgan fingerprint density at radius 2 is 2.17 bits per heavy atom. The van der Waals surface area contributed by atoms with Crippen LogP contribution in [-0.4, -0.2) is 18.3 Å². The van der Waals surface area contributed by atoms with Gasteiger partial charge in [-0.25, -0.2) is 0 Å². The first kappa shape index (κ1) is 13.0. The van der Waals surface area contributed by atoms with Crippen molar-refractivity contribution < 1.29 is 14.6 Å². The third-order valence-electron chi connectivity index (χ3n) is 3.16. The van der Waals surface area contributed by atoms with Gasteiger partial charge in [-0.1, -0.05) is 12.1 Å². The first-order chi connectivity index (χ1) is 8.70. The molecule has 18 heavy (non-hydrogen) atoms. The molecule has 2 rings (SSSR count). The van der Waals surface area contributed by atoms with Crippen molar-refractivity contribution in [3.63, 3.8) is 0 Å². The molecule has 0 saturated heterocycles. The second-order valence-corrected chi connectivity index (χ2v) is 4.60. The Balaban J connectivity index is 2.16. The quantitative estimate of drug-likeness (QED) is 0.831. The van der Waals surface area contributed by atoms with Gasteiger partial charge in [-0.15, -0.1) is 0 Å². The largest absolute Gasteiger partial charge is 0.493 e. The number of rotatable bonds is 4. The zero-order chi connectivity index (χ0) is 13.0. The molecule has 0 bridgehead atoms. The van der Waals surface area contributed by atoms with E-state index in [9.17, 15) is 5.11 Å². The first-order valence-electron chi connectivity index (χ1n) is 6.40. The lowest BCUT2D eigenvalue weighted by molar-refractivity contribution is 0.197. The molecule has 1 aliphatic rings. The number of allylic oxidation sites excluding steroid dienone is 1. The van der Waals surface area contributed by atoms with Gasteiger partial charge in [0.2, 0.25) is 0 Å². The van der Waals surface area contributed by atoms with E-state index in [0.29, 0.717) is 5.75 Å². The zero-order valence-electron chi connectivity index (χ0n) is 10.9. The van der Waals surface area contributed by atoms with E-state index in [-0.39, 0.29) is 6.10 Å². The van der Waals surface area contributed by atoms with Crippen LogP contribution in [0.3, 0.4) is 0 Å². The van der Waals surface area contributed by atoms with Crippen LogP contribution < -0.4 is 9.47 Å². The van der Waals surface area contributed by atoms with E-state index in [1.54, 1.807) is 14.0 Å². The van der Waals surface area contributed by atoms with E-state index in [4.69, 9.17) is 9.47 Å². The van der Waals surface area contributed by atoms with Crippen LogP contribution in [0.5, 0.6) is 11.5 Å². The monoisotopic (exact) mass is 248 g/mol. The number of methoxy groups -OCH3 is 1. The Morgan fingerprint density at radius 1 is 1.33 bits per heavy atom. The third kappa shape index (κ3) is 3.05. The molecule has 0 fully saturated rings. The van der Waals surface area contributed by atoms with E-state index in [0.717, 1.165) is 30.6 Å². The molecule has 1 aromatic carbocycles. The molecular weight excluding hydrogens is 228 g/mol. The maximum atomic E-state index is 9.55. The molecule has 1 N–H and O–H groups in total. The van der Waals surface area contributed by atoms with E-state index < -0.39 is 6.10 Å². The van der Waals surface area contributed by atoms with Crippen LogP contribution in [0.1, 0.15) is 37.9 Å². The second kappa shape index (κ2) is 5.91. The number of ether oxygens (including phenoxy) is 2. The lowest BCUT2D eigenvalue weighted by Gasteiger charge is -2.20. The summed E-state index contributed by atoms with van der Waals surface area (Å²) < 4.78 is 11.2. The fourth-order valence-electron chi connectivity index (χ4n) is 2.08. The maximum Gasteiger partial charge on any atom is 0.162 e. The van der Waals surface area contributed by atoms with Crippen molar-refractivity contribution in [2.75, 3.05) is 7.11 Å². The standard InChI is InChI=1S/C15H20O3/c1-11(16)12-8-9-14(15(10-12)17-2)18-13-6-4-3-5-7-13/h4,6,8-11,13,16H,3,5,7H2,1-2H3/t11-,13?/m0/s1. The fraction of sp³-hybridized carbons (Fsp3) is 0.467. The topological polar surface area (TPSA) is 38.7 Å². The summed E-state index contributed by atoms with van der Waals surface area (Å²) >= 11 is 0. The van der Waals surface area contributed by atoms with Gasteiger partial charge >= 0.3 is 0 Å². The highest BCUT2D eigenvalue weighted by molar-refractivity contribution is 5.43. The molecule has 3 heteroatoms. The predicted molar refractivity (Wildman–Crippen MR) is 71.0 cm³/mol. The van der Waals surface area contributed by atoms with Crippen molar-refractivity contribution in [2.45, 2.75) is 38.4 Å². The van der Waals surface area contributed by atoms with Crippen molar-refractivity contribution in [1.82, 2.24) is 0 Å². The summed E-state index contributed by atoms with van der Waals surface area (Å²) in [7, 11) is 1.62. The highest BCUT2D eigenvalue weighted by Gasteiger charge is 2.14. The third-order valence-corrected chi connectivity index (χ3v) is 3.16. The molecule has 0 amide bonds. The molecular formula is C15H20O3. The molecule has 0 saturated carbocycles. The van der Waals surface area contributed by atoms with Gasteiger partial charge in [-0.05, 0) is 50.0 Å². The summed E-state index contributed by atoms with van der Waals surface area (Å²) in [6.45, 7) is 1.74. The molecule has 0 aliphatic heterocycles. The summed E-state index contributed by atoms with van der Waals surface area (Å²) in [5.41, 5.74) is 0.832. The zero-order valence-corrected chi connectivity index (χ0v) is 10.9. The minimum Gasteiger partial charge on any atom is -0.493 e. The van der Waals surface area contributed by atoms with E-state index >= 15 is 0 Å². The van der Waals surface area contributed by atoms with Gasteiger partial charge in [0.05, 0.1) is 13.2 Å². The summed E-state index contributed by atoms with van der Waals surface area (Å²) in [4.78, 5) is 0. The number of aliphatic hydroxyl groups excluding tert-OH is 1. The Bertz CT molecular complexity index is 424. The van der Waals surface area contributed by atoms with Crippen LogP contribution in [-0.2, 0) is 0 Å². The van der Waals surface area contributed by atoms with Crippen LogP contribution in [0.2, 0.25) is 0 Å². The Hall–Kier alpha value is -1.48. The highest BCUT2D eigenvalue weighted by Crippen LogP contribution is 2.32. The van der Waals surface area contributed by atoms with Gasteiger partial charge in [0.25, 0.3) is 0 Å². The van der Waals surface area contributed by atoms with Crippen molar-refractivity contribution >= 4 is 0 Å². The minimum atomic E-state index is -0.498. The molecule has 0 spiro atoms. The summed E-state index contributed by atoms with van der Waals surface area (Å²) in [6.07, 6.45) is 7.23. The summed E-state index contributed by atoms with van der Waals surface area (Å²) in [5.74, 6) is 1.41. The first-order valence-corrected chi connectivity index (χ1v) is 6.40. The normalized spacial score (nSPS) is 20.5. The Morgan fingerprint density at radius 3 is 2.78 bits per heavy atom. The molecule has 0 heterocycles. The molecule has 1 aliphatic carbocycles. The maximum absolute atomic E-state index is 9.55. The summed E-state index contributed by atoms with van der Waals surface area (Å²) in [5, 5.41) is 9.55. The van der Waals surface area contributed by atoms with Crippen LogP contribution >= 0.6 is 0 Å². The number of benzene rings is 1. The van der Waals surface area contributed by atoms with Crippen LogP contribution in [0, 0.1) is 0 Å². The van der Waals surface area contributed by atoms with Gasteiger partial charge in [-0.3, -0.25) is 0 Å². The van der Waals surface area contributed by atoms with E-state index in [2.05, 4.69) is 12.2 Å². The molecule has 1 unspecified atom stereocenters. The average molecular weight is 248 g/mol. The number of aliphatic hydroxyl groups is 1. The SMILES string of the molecule is COc1cc([C@H](C)O)ccc1OC1C=CCCC1. The molecule has 3 nitrogen and oxygen atoms in total. The van der Waals surface area contributed by atoms with Gasteiger partial charge < -0.3 is 14.6 Å². The number of hydrogen-bond donors (Lipinski definition) is 1. The van der Waals surface area contributed by atoms with E-state index in [1.165, 1.54) is 0 Å². The van der Waals surface area contributed by atoms with Gasteiger partial charge in [0.1, 0.15) is 6.10 Å². The lowest BCUT2D eigenvalue weighted by Crippen LogP contribution is -2.16. The molecule has 2 atom stereocenters. The minimum absolute atomic E-state index is 0.130. The Labute approximate surface area is 108 Å². The molecule has 0 radical (unpaired) electrons. The van der Waals surface area contributed by atoms with Crippen LogP contribution in [0.15, 0.2) is 30.4 Å². The Kier molecular flexibility index (Phi) is 4.26. The fourth-order valence-corrected chi connectivity index (χ4v) is 2.08. The highest BCUT2D eigenvalue weighted by atomic mass is 16.5. The predicted octanol–water partition coefficient (Wildman–Crippen LogP) is 3.24. The lowest BCUT2D eigenvalue weighted by atomic mass is 10.1. The van der Waals surface area contributed by atoms with Crippen molar-refractivity contribution in [2.24, 2.45) is 0 Å². The average Bonchev–Trinajstić information content (AvgIpc) is 2.40. The van der Waals surface area contributed by atoms with Gasteiger partial charge in [0, 0.05) is 0 Å². The van der Waals surface area contributed by atoms with E-state index in [1.807, 2.05) is 18.2 Å². The molecule has 98 valence electrons. The van der Waals surface area contributed by atoms with Gasteiger partial charge in [-0.2, -0.15) is 0 Å². The second-order valence-electron chi connectivity index (χ2n) is 4.60. The van der Waals surface area contributed by atoms with Crippen LogP contribution in [0.4, 0.5) is 0 Å². The summed E-state index contributed by atoms with van der Waals surface area (Å²) in [6, 6.07) is 5.56. The smallest absolute Gasteiger partial charge is 0.162 e. The van der Waals surface area contributed by atoms with Gasteiger partial charge in [0.15, 0.2) is 11.5 Å². The van der Waals surface area contributed by atoms with Crippen molar-refractivity contribution in [3.05, 3.63) is 35.9 Å². The van der Waals surface area contributed by atoms with Crippen LogP contribution in [0.25, 0.3) is 0 Å². The van der Waals surface area contributed by atoms with Crippen molar-refractivity contribution in [1.29, 1.82) is 0 Å². The van der Waals surface area contributed by atoms with Crippen molar-refractivity contribution in [3.8, 4) is 11.5 Å². The number of hydrogen-bond acceptors (Lipinski definition) is 3.